The Hall–Kier alpha value is 0.1000. The van der Waals surface area contributed by atoms with Crippen LogP contribution < -0.4 is 0 Å². The number of nitrogens with zero attached hydrogens (tertiary/aromatic N) is 2. The van der Waals surface area contributed by atoms with Crippen LogP contribution in [0.1, 0.15) is 44.0 Å². The molecule has 1 rings (SSSR count). The van der Waals surface area contributed by atoms with Gasteiger partial charge in [-0.1, -0.05) is 29.5 Å². The van der Waals surface area contributed by atoms with Gasteiger partial charge in [0.1, 0.15) is 0 Å². The van der Waals surface area contributed by atoms with E-state index in [0.717, 1.165) is 17.8 Å². The lowest BCUT2D eigenvalue weighted by atomic mass is 10.0. The SMILES string of the molecule is CCC(C)(I)c1ccc(C(C)Cl)nn1. The first-order valence-corrected chi connectivity index (χ1v) is 6.16. The predicted octanol–water partition coefficient (Wildman–Crippen LogP) is 3.84. The van der Waals surface area contributed by atoms with E-state index in [9.17, 15) is 0 Å². The number of hydrogen-bond acceptors (Lipinski definition) is 2. The first-order valence-electron chi connectivity index (χ1n) is 4.64. The molecule has 1 aromatic heterocycles. The molecule has 0 bridgehead atoms. The summed E-state index contributed by atoms with van der Waals surface area (Å²) in [6.45, 7) is 6.20. The van der Waals surface area contributed by atoms with Gasteiger partial charge in [-0.3, -0.25) is 0 Å². The molecule has 1 heterocycles. The number of halogens is 2. The van der Waals surface area contributed by atoms with E-state index in [0.29, 0.717) is 0 Å². The first-order chi connectivity index (χ1) is 6.47. The van der Waals surface area contributed by atoms with E-state index in [4.69, 9.17) is 11.6 Å². The summed E-state index contributed by atoms with van der Waals surface area (Å²) in [5.74, 6) is 0. The summed E-state index contributed by atoms with van der Waals surface area (Å²) < 4.78 is 0.0683. The Balaban J connectivity index is 2.94. The Morgan fingerprint density at radius 3 is 2.50 bits per heavy atom. The van der Waals surface area contributed by atoms with Crippen LogP contribution in [0.4, 0.5) is 0 Å². The topological polar surface area (TPSA) is 25.8 Å². The standard InChI is InChI=1S/C10H14ClIN2/c1-4-10(3,12)9-6-5-8(7(2)11)13-14-9/h5-7H,4H2,1-3H3. The van der Waals surface area contributed by atoms with E-state index in [-0.39, 0.29) is 8.80 Å². The average Bonchev–Trinajstić information content (AvgIpc) is 2.18. The van der Waals surface area contributed by atoms with Crippen molar-refractivity contribution in [2.24, 2.45) is 0 Å². The summed E-state index contributed by atoms with van der Waals surface area (Å²) in [5, 5.41) is 8.24. The molecule has 2 unspecified atom stereocenters. The molecule has 2 atom stereocenters. The number of rotatable bonds is 3. The van der Waals surface area contributed by atoms with Crippen molar-refractivity contribution in [1.29, 1.82) is 0 Å². The van der Waals surface area contributed by atoms with Gasteiger partial charge in [-0.05, 0) is 32.4 Å². The third-order valence-electron chi connectivity index (χ3n) is 2.29. The van der Waals surface area contributed by atoms with E-state index in [1.165, 1.54) is 0 Å². The number of alkyl halides is 2. The second-order valence-electron chi connectivity index (χ2n) is 3.51. The van der Waals surface area contributed by atoms with Crippen molar-refractivity contribution in [1.82, 2.24) is 10.2 Å². The summed E-state index contributed by atoms with van der Waals surface area (Å²) in [6, 6.07) is 3.96. The number of aromatic nitrogens is 2. The molecule has 1 aromatic rings. The smallest absolute Gasteiger partial charge is 0.0807 e. The monoisotopic (exact) mass is 324 g/mol. The fourth-order valence-electron chi connectivity index (χ4n) is 1.01. The minimum Gasteiger partial charge on any atom is -0.154 e. The minimum atomic E-state index is -0.0707. The second-order valence-corrected chi connectivity index (χ2v) is 6.55. The van der Waals surface area contributed by atoms with Crippen LogP contribution >= 0.6 is 34.2 Å². The van der Waals surface area contributed by atoms with Crippen LogP contribution in [0.25, 0.3) is 0 Å². The molecule has 0 aliphatic carbocycles. The molecule has 0 saturated heterocycles. The van der Waals surface area contributed by atoms with Gasteiger partial charge in [-0.15, -0.1) is 11.6 Å². The maximum absolute atomic E-state index is 5.90. The van der Waals surface area contributed by atoms with Gasteiger partial charge in [0.15, 0.2) is 0 Å². The molecule has 0 amide bonds. The molecule has 0 N–H and O–H groups in total. The maximum Gasteiger partial charge on any atom is 0.0807 e. The molecule has 0 saturated carbocycles. The Labute approximate surface area is 104 Å². The van der Waals surface area contributed by atoms with Gasteiger partial charge in [0, 0.05) is 0 Å². The minimum absolute atomic E-state index is 0.0683. The molecule has 14 heavy (non-hydrogen) atoms. The van der Waals surface area contributed by atoms with Crippen LogP contribution in [0.3, 0.4) is 0 Å². The fourth-order valence-corrected chi connectivity index (χ4v) is 1.42. The van der Waals surface area contributed by atoms with Crippen LogP contribution in [0.2, 0.25) is 0 Å². The van der Waals surface area contributed by atoms with Gasteiger partial charge < -0.3 is 0 Å². The van der Waals surface area contributed by atoms with Crippen LogP contribution in [-0.4, -0.2) is 10.2 Å². The molecule has 0 aliphatic heterocycles. The Morgan fingerprint density at radius 2 is 2.14 bits per heavy atom. The summed E-state index contributed by atoms with van der Waals surface area (Å²) in [7, 11) is 0. The van der Waals surface area contributed by atoms with Crippen LogP contribution in [0.15, 0.2) is 12.1 Å². The lowest BCUT2D eigenvalue weighted by Gasteiger charge is -2.19. The zero-order chi connectivity index (χ0) is 10.8. The van der Waals surface area contributed by atoms with E-state index >= 15 is 0 Å². The summed E-state index contributed by atoms with van der Waals surface area (Å²) in [5.41, 5.74) is 1.85. The largest absolute Gasteiger partial charge is 0.154 e. The molecule has 4 heteroatoms. The van der Waals surface area contributed by atoms with Crippen molar-refractivity contribution < 1.29 is 0 Å². The summed E-state index contributed by atoms with van der Waals surface area (Å²) in [6.07, 6.45) is 1.04. The quantitative estimate of drug-likeness (QED) is 0.624. The van der Waals surface area contributed by atoms with Gasteiger partial charge in [0.05, 0.1) is 20.2 Å². The average molecular weight is 325 g/mol. The highest BCUT2D eigenvalue weighted by atomic mass is 127. The van der Waals surface area contributed by atoms with E-state index in [2.05, 4.69) is 46.6 Å². The molecule has 78 valence electrons. The molecule has 2 nitrogen and oxygen atoms in total. The molecule has 0 radical (unpaired) electrons. The highest BCUT2D eigenvalue weighted by Crippen LogP contribution is 2.33. The van der Waals surface area contributed by atoms with Crippen molar-refractivity contribution in [2.45, 2.75) is 36.0 Å². The van der Waals surface area contributed by atoms with E-state index in [1.807, 2.05) is 19.1 Å². The normalized spacial score (nSPS) is 17.5. The Kier molecular flexibility index (Phi) is 4.13. The van der Waals surface area contributed by atoms with Crippen molar-refractivity contribution >= 4 is 34.2 Å². The molecule has 0 aliphatic rings. The van der Waals surface area contributed by atoms with E-state index < -0.39 is 0 Å². The maximum atomic E-state index is 5.90. The molecular weight excluding hydrogens is 310 g/mol. The zero-order valence-electron chi connectivity index (χ0n) is 8.59. The van der Waals surface area contributed by atoms with Crippen molar-refractivity contribution in [3.05, 3.63) is 23.5 Å². The summed E-state index contributed by atoms with van der Waals surface area (Å²) >= 11 is 8.30. The Bertz CT molecular complexity index is 295. The molecular formula is C10H14ClIN2. The fraction of sp³-hybridized carbons (Fsp3) is 0.600. The predicted molar refractivity (Wildman–Crippen MR) is 68.0 cm³/mol. The zero-order valence-corrected chi connectivity index (χ0v) is 11.5. The van der Waals surface area contributed by atoms with Gasteiger partial charge in [0.2, 0.25) is 0 Å². The van der Waals surface area contributed by atoms with Crippen LogP contribution in [0, 0.1) is 0 Å². The van der Waals surface area contributed by atoms with Crippen molar-refractivity contribution in [2.75, 3.05) is 0 Å². The van der Waals surface area contributed by atoms with Gasteiger partial charge in [0.25, 0.3) is 0 Å². The molecule has 0 fully saturated rings. The highest BCUT2D eigenvalue weighted by molar-refractivity contribution is 14.1. The van der Waals surface area contributed by atoms with E-state index in [1.54, 1.807) is 0 Å². The molecule has 0 aromatic carbocycles. The second kappa shape index (κ2) is 4.75. The molecule has 0 spiro atoms. The van der Waals surface area contributed by atoms with Crippen LogP contribution in [0.5, 0.6) is 0 Å². The summed E-state index contributed by atoms with van der Waals surface area (Å²) in [4.78, 5) is 0. The van der Waals surface area contributed by atoms with Gasteiger partial charge >= 0.3 is 0 Å². The number of hydrogen-bond donors (Lipinski definition) is 0. The third-order valence-corrected chi connectivity index (χ3v) is 3.83. The first kappa shape index (κ1) is 12.2. The van der Waals surface area contributed by atoms with Gasteiger partial charge in [-0.2, -0.15) is 10.2 Å². The van der Waals surface area contributed by atoms with Gasteiger partial charge in [-0.25, -0.2) is 0 Å². The lowest BCUT2D eigenvalue weighted by molar-refractivity contribution is 0.655. The Morgan fingerprint density at radius 1 is 1.50 bits per heavy atom. The van der Waals surface area contributed by atoms with Crippen LogP contribution in [-0.2, 0) is 3.42 Å². The van der Waals surface area contributed by atoms with Crippen molar-refractivity contribution in [3.8, 4) is 0 Å². The van der Waals surface area contributed by atoms with Crippen molar-refractivity contribution in [3.63, 3.8) is 0 Å². The third kappa shape index (κ3) is 2.79. The lowest BCUT2D eigenvalue weighted by Crippen LogP contribution is -2.14. The highest BCUT2D eigenvalue weighted by Gasteiger charge is 2.22.